The standard InChI is InChI=1S/C33H37N3O4/c1-4-6-11-30-35-28-17-16-25(34-31(38)21-33(3,5-2)18-19-37)20-29(28)36(30)22-23-12-14-24(15-13-23)26-9-7-8-10-27(26)32(39)40/h7-10,12-17,19-20H,4-6,11,18,21-22H2,1-3H3,(H,34,38)(H,39,40). The number of hydrogen-bond donors (Lipinski definition) is 2. The van der Waals surface area contributed by atoms with Gasteiger partial charge in [-0.25, -0.2) is 9.78 Å². The van der Waals surface area contributed by atoms with E-state index in [1.165, 1.54) is 0 Å². The molecule has 1 heterocycles. The van der Waals surface area contributed by atoms with Gasteiger partial charge < -0.3 is 19.8 Å². The quantitative estimate of drug-likeness (QED) is 0.176. The van der Waals surface area contributed by atoms with E-state index in [2.05, 4.69) is 16.8 Å². The fourth-order valence-electron chi connectivity index (χ4n) is 4.98. The topological polar surface area (TPSA) is 101 Å². The lowest BCUT2D eigenvalue weighted by Crippen LogP contribution is -2.24. The van der Waals surface area contributed by atoms with E-state index in [1.54, 1.807) is 12.1 Å². The Morgan fingerprint density at radius 2 is 1.80 bits per heavy atom. The molecule has 0 saturated heterocycles. The summed E-state index contributed by atoms with van der Waals surface area (Å²) < 4.78 is 2.20. The number of carboxylic acids is 1. The second-order valence-electron chi connectivity index (χ2n) is 10.7. The number of benzene rings is 3. The summed E-state index contributed by atoms with van der Waals surface area (Å²) in [5.41, 5.74) is 5.03. The zero-order valence-electron chi connectivity index (χ0n) is 23.4. The molecule has 1 atom stereocenters. The molecule has 7 nitrogen and oxygen atoms in total. The molecule has 0 bridgehead atoms. The predicted octanol–water partition coefficient (Wildman–Crippen LogP) is 7.13. The molecule has 0 radical (unpaired) electrons. The van der Waals surface area contributed by atoms with Gasteiger partial charge in [0.25, 0.3) is 0 Å². The van der Waals surface area contributed by atoms with Crippen LogP contribution in [0.4, 0.5) is 5.69 Å². The molecular formula is C33H37N3O4. The maximum Gasteiger partial charge on any atom is 0.336 e. The molecule has 0 spiro atoms. The lowest BCUT2D eigenvalue weighted by atomic mass is 9.81. The summed E-state index contributed by atoms with van der Waals surface area (Å²) in [5, 5.41) is 12.6. The molecule has 0 aliphatic carbocycles. The van der Waals surface area contributed by atoms with Crippen LogP contribution in [-0.2, 0) is 22.6 Å². The molecule has 1 aromatic heterocycles. The minimum absolute atomic E-state index is 0.111. The fraction of sp³-hybridized carbons (Fsp3) is 0.333. The van der Waals surface area contributed by atoms with E-state index in [4.69, 9.17) is 4.98 Å². The van der Waals surface area contributed by atoms with Crippen molar-refractivity contribution in [3.8, 4) is 11.1 Å². The Balaban J connectivity index is 1.62. The first-order chi connectivity index (χ1) is 19.3. The van der Waals surface area contributed by atoms with Gasteiger partial charge in [0, 0.05) is 31.5 Å². The van der Waals surface area contributed by atoms with E-state index < -0.39 is 5.97 Å². The lowest BCUT2D eigenvalue weighted by Gasteiger charge is -2.24. The zero-order chi connectivity index (χ0) is 28.7. The molecule has 4 aromatic rings. The third-order valence-electron chi connectivity index (χ3n) is 7.65. The Kier molecular flexibility index (Phi) is 9.15. The third kappa shape index (κ3) is 6.65. The number of amides is 1. The minimum Gasteiger partial charge on any atom is -0.478 e. The highest BCUT2D eigenvalue weighted by Crippen LogP contribution is 2.30. The van der Waals surface area contributed by atoms with Crippen molar-refractivity contribution >= 4 is 34.9 Å². The molecule has 1 amide bonds. The van der Waals surface area contributed by atoms with Gasteiger partial charge in [-0.1, -0.05) is 69.7 Å². The monoisotopic (exact) mass is 539 g/mol. The van der Waals surface area contributed by atoms with E-state index in [0.717, 1.165) is 60.0 Å². The number of anilines is 1. The Morgan fingerprint density at radius 1 is 1.05 bits per heavy atom. The average Bonchev–Trinajstić information content (AvgIpc) is 3.28. The largest absolute Gasteiger partial charge is 0.478 e. The lowest BCUT2D eigenvalue weighted by molar-refractivity contribution is -0.119. The van der Waals surface area contributed by atoms with Crippen molar-refractivity contribution in [2.75, 3.05) is 5.32 Å². The highest BCUT2D eigenvalue weighted by Gasteiger charge is 2.25. The van der Waals surface area contributed by atoms with Crippen molar-refractivity contribution in [1.29, 1.82) is 0 Å². The Bertz CT molecular complexity index is 1510. The molecule has 4 rings (SSSR count). The second-order valence-corrected chi connectivity index (χ2v) is 10.7. The van der Waals surface area contributed by atoms with Crippen molar-refractivity contribution in [3.05, 3.63) is 83.7 Å². The summed E-state index contributed by atoms with van der Waals surface area (Å²) >= 11 is 0. The number of nitrogens with zero attached hydrogens (tertiary/aromatic N) is 2. The average molecular weight is 540 g/mol. The van der Waals surface area contributed by atoms with Crippen LogP contribution in [-0.4, -0.2) is 32.8 Å². The maximum atomic E-state index is 12.8. The van der Waals surface area contributed by atoms with Gasteiger partial charge in [0.05, 0.1) is 16.6 Å². The highest BCUT2D eigenvalue weighted by atomic mass is 16.4. The zero-order valence-corrected chi connectivity index (χ0v) is 23.4. The van der Waals surface area contributed by atoms with Crippen molar-refractivity contribution in [1.82, 2.24) is 9.55 Å². The summed E-state index contributed by atoms with van der Waals surface area (Å²) in [6.07, 6.45) is 5.17. The molecule has 7 heteroatoms. The summed E-state index contributed by atoms with van der Waals surface area (Å²) in [5.74, 6) is -0.0682. The number of fused-ring (bicyclic) bond motifs is 1. The smallest absolute Gasteiger partial charge is 0.336 e. The molecule has 40 heavy (non-hydrogen) atoms. The number of hydrogen-bond acceptors (Lipinski definition) is 4. The van der Waals surface area contributed by atoms with Gasteiger partial charge in [-0.15, -0.1) is 0 Å². The SMILES string of the molecule is CCCCc1nc2ccc(NC(=O)CC(C)(CC)CC=O)cc2n1Cc1ccc(-c2ccccc2C(=O)O)cc1. The predicted molar refractivity (Wildman–Crippen MR) is 159 cm³/mol. The van der Waals surface area contributed by atoms with Crippen molar-refractivity contribution in [2.24, 2.45) is 5.41 Å². The third-order valence-corrected chi connectivity index (χ3v) is 7.65. The Labute approximate surface area is 235 Å². The number of unbranched alkanes of at least 4 members (excludes halogenated alkanes) is 1. The number of rotatable bonds is 13. The normalized spacial score (nSPS) is 12.7. The van der Waals surface area contributed by atoms with Crippen molar-refractivity contribution in [3.63, 3.8) is 0 Å². The van der Waals surface area contributed by atoms with E-state index >= 15 is 0 Å². The first-order valence-electron chi connectivity index (χ1n) is 13.9. The van der Waals surface area contributed by atoms with Gasteiger partial charge in [-0.3, -0.25) is 4.79 Å². The van der Waals surface area contributed by atoms with Crippen LogP contribution in [0.1, 0.15) is 74.6 Å². The van der Waals surface area contributed by atoms with Crippen LogP contribution >= 0.6 is 0 Å². The molecule has 1 unspecified atom stereocenters. The number of aldehydes is 1. The number of imidazole rings is 1. The van der Waals surface area contributed by atoms with Gasteiger partial charge in [0.1, 0.15) is 12.1 Å². The van der Waals surface area contributed by atoms with Crippen LogP contribution in [0.5, 0.6) is 0 Å². The molecule has 0 aliphatic rings. The molecule has 0 fully saturated rings. The summed E-state index contributed by atoms with van der Waals surface area (Å²) in [7, 11) is 0. The highest BCUT2D eigenvalue weighted by molar-refractivity contribution is 5.96. The number of carboxylic acid groups (broad SMARTS) is 1. The number of carbonyl (C=O) groups is 3. The van der Waals surface area contributed by atoms with Crippen LogP contribution in [0.3, 0.4) is 0 Å². The second kappa shape index (κ2) is 12.7. The molecule has 2 N–H and O–H groups in total. The van der Waals surface area contributed by atoms with E-state index in [9.17, 15) is 19.5 Å². The van der Waals surface area contributed by atoms with Crippen LogP contribution in [0, 0.1) is 5.41 Å². The number of aromatic carboxylic acids is 1. The molecule has 0 aliphatic heterocycles. The molecular weight excluding hydrogens is 502 g/mol. The van der Waals surface area contributed by atoms with Gasteiger partial charge in [0.15, 0.2) is 0 Å². The Hall–Kier alpha value is -4.26. The number of nitrogens with one attached hydrogen (secondary N) is 1. The van der Waals surface area contributed by atoms with E-state index in [-0.39, 0.29) is 23.3 Å². The summed E-state index contributed by atoms with van der Waals surface area (Å²) in [6.45, 7) is 6.71. The van der Waals surface area contributed by atoms with E-state index in [1.807, 2.05) is 68.4 Å². The summed E-state index contributed by atoms with van der Waals surface area (Å²) in [6, 6.07) is 20.7. The first-order valence-corrected chi connectivity index (χ1v) is 13.9. The number of aromatic nitrogens is 2. The van der Waals surface area contributed by atoms with Crippen LogP contribution < -0.4 is 5.32 Å². The molecule has 0 saturated carbocycles. The first kappa shape index (κ1) is 28.7. The fourth-order valence-corrected chi connectivity index (χ4v) is 4.98. The van der Waals surface area contributed by atoms with Gasteiger partial charge >= 0.3 is 5.97 Å². The molecule has 3 aromatic carbocycles. The van der Waals surface area contributed by atoms with E-state index in [0.29, 0.717) is 24.2 Å². The van der Waals surface area contributed by atoms with Crippen LogP contribution in [0.2, 0.25) is 0 Å². The number of carbonyl (C=O) groups excluding carboxylic acids is 2. The van der Waals surface area contributed by atoms with Crippen LogP contribution in [0.25, 0.3) is 22.2 Å². The van der Waals surface area contributed by atoms with Gasteiger partial charge in [-0.05, 0) is 59.2 Å². The maximum absolute atomic E-state index is 12.8. The van der Waals surface area contributed by atoms with Gasteiger partial charge in [0.2, 0.25) is 5.91 Å². The van der Waals surface area contributed by atoms with Crippen molar-refractivity contribution in [2.45, 2.75) is 65.8 Å². The van der Waals surface area contributed by atoms with Gasteiger partial charge in [-0.2, -0.15) is 0 Å². The minimum atomic E-state index is -0.948. The van der Waals surface area contributed by atoms with Crippen LogP contribution in [0.15, 0.2) is 66.7 Å². The molecule has 208 valence electrons. The Morgan fingerprint density at radius 3 is 2.48 bits per heavy atom. The number of aryl methyl sites for hydroxylation is 1. The van der Waals surface area contributed by atoms with Crippen molar-refractivity contribution < 1.29 is 19.5 Å². The summed E-state index contributed by atoms with van der Waals surface area (Å²) in [4.78, 5) is 40.5.